The molecule has 0 spiro atoms. The number of hydrogen-bond donors (Lipinski definition) is 2. The molecular weight excluding hydrogens is 474 g/mol. The molecule has 0 saturated carbocycles. The van der Waals surface area contributed by atoms with Crippen LogP contribution in [0.2, 0.25) is 0 Å². The molecule has 1 fully saturated rings. The fourth-order valence-corrected chi connectivity index (χ4v) is 4.21. The smallest absolute Gasteiger partial charge is 0.338 e. The Hall–Kier alpha value is -4.59. The average molecular weight is 502 g/mol. The molecule has 0 aliphatic carbocycles. The second kappa shape index (κ2) is 10.6. The number of anilines is 1. The summed E-state index contributed by atoms with van der Waals surface area (Å²) < 4.78 is 10.8. The van der Waals surface area contributed by atoms with Gasteiger partial charge in [0.25, 0.3) is 11.7 Å². The summed E-state index contributed by atoms with van der Waals surface area (Å²) in [6.45, 7) is 5.60. The van der Waals surface area contributed by atoms with Crippen LogP contribution in [0, 0.1) is 0 Å². The Morgan fingerprint density at radius 3 is 2.32 bits per heavy atom. The lowest BCUT2D eigenvalue weighted by Crippen LogP contribution is -2.29. The Morgan fingerprint density at radius 2 is 1.65 bits per heavy atom. The third-order valence-corrected chi connectivity index (χ3v) is 5.77. The first-order valence-corrected chi connectivity index (χ1v) is 11.9. The van der Waals surface area contributed by atoms with Gasteiger partial charge in [-0.05, 0) is 68.8 Å². The summed E-state index contributed by atoms with van der Waals surface area (Å²) in [6, 6.07) is 17.8. The minimum absolute atomic E-state index is 0.00328. The van der Waals surface area contributed by atoms with E-state index in [1.54, 1.807) is 61.5 Å². The standard InChI is InChI=1S/C29H27NO7/c1-4-36-29(35)20-8-5-9-21(15-20)30-25(18-11-13-22(31)14-12-18)24(27(33)28(30)34)26(32)19-7-6-10-23(16-19)37-17(2)3/h5-17,25,31-32H,4H2,1-3H3/b26-24+. The Balaban J connectivity index is 1.89. The SMILES string of the molecule is CCOC(=O)c1cccc(N2C(=O)C(=O)/C(=C(/O)c3cccc(OC(C)C)c3)C2c2ccc(O)cc2)c1. The quantitative estimate of drug-likeness (QED) is 0.203. The van der Waals surface area contributed by atoms with Gasteiger partial charge in [-0.15, -0.1) is 0 Å². The largest absolute Gasteiger partial charge is 0.508 e. The lowest BCUT2D eigenvalue weighted by molar-refractivity contribution is -0.132. The Bertz CT molecular complexity index is 1380. The molecule has 1 aliphatic rings. The second-order valence-corrected chi connectivity index (χ2v) is 8.73. The summed E-state index contributed by atoms with van der Waals surface area (Å²) in [5.74, 6) is -2.18. The van der Waals surface area contributed by atoms with Gasteiger partial charge >= 0.3 is 5.97 Å². The Labute approximate surface area is 214 Å². The first-order chi connectivity index (χ1) is 17.7. The number of amides is 1. The lowest BCUT2D eigenvalue weighted by atomic mass is 9.95. The van der Waals surface area contributed by atoms with Crippen molar-refractivity contribution in [2.24, 2.45) is 0 Å². The molecule has 0 aromatic heterocycles. The Morgan fingerprint density at radius 1 is 0.973 bits per heavy atom. The van der Waals surface area contributed by atoms with Gasteiger partial charge in [0, 0.05) is 11.3 Å². The van der Waals surface area contributed by atoms with Gasteiger partial charge in [0.15, 0.2) is 0 Å². The molecule has 2 N–H and O–H groups in total. The van der Waals surface area contributed by atoms with Crippen LogP contribution in [0.5, 0.6) is 11.5 Å². The number of Topliss-reactive ketones (excluding diaryl/α,β-unsaturated/α-hetero) is 1. The van der Waals surface area contributed by atoms with E-state index >= 15 is 0 Å². The number of phenols is 1. The van der Waals surface area contributed by atoms with Crippen molar-refractivity contribution < 1.29 is 34.1 Å². The molecule has 0 bridgehead atoms. The van der Waals surface area contributed by atoms with E-state index < -0.39 is 23.7 Å². The fraction of sp³-hybridized carbons (Fsp3) is 0.207. The first-order valence-electron chi connectivity index (χ1n) is 11.9. The molecule has 4 rings (SSSR count). The van der Waals surface area contributed by atoms with E-state index in [0.29, 0.717) is 16.9 Å². The van der Waals surface area contributed by atoms with Gasteiger partial charge < -0.3 is 19.7 Å². The van der Waals surface area contributed by atoms with E-state index in [2.05, 4.69) is 0 Å². The van der Waals surface area contributed by atoms with Crippen molar-refractivity contribution >= 4 is 29.1 Å². The van der Waals surface area contributed by atoms with Crippen LogP contribution in [-0.2, 0) is 14.3 Å². The maximum absolute atomic E-state index is 13.4. The van der Waals surface area contributed by atoms with Crippen LogP contribution in [0.15, 0.2) is 78.4 Å². The number of carbonyl (C=O) groups excluding carboxylic acids is 3. The normalized spacial score (nSPS) is 16.8. The van der Waals surface area contributed by atoms with Crippen molar-refractivity contribution in [3.8, 4) is 11.5 Å². The number of hydrogen-bond acceptors (Lipinski definition) is 7. The van der Waals surface area contributed by atoms with Gasteiger partial charge in [0.05, 0.1) is 29.9 Å². The second-order valence-electron chi connectivity index (χ2n) is 8.73. The maximum atomic E-state index is 13.4. The molecule has 190 valence electrons. The number of phenolic OH excluding ortho intramolecular Hbond substituents is 1. The van der Waals surface area contributed by atoms with Crippen LogP contribution in [0.4, 0.5) is 5.69 Å². The number of carbonyl (C=O) groups is 3. The van der Waals surface area contributed by atoms with E-state index in [1.165, 1.54) is 23.1 Å². The van der Waals surface area contributed by atoms with E-state index in [9.17, 15) is 24.6 Å². The highest BCUT2D eigenvalue weighted by Gasteiger charge is 2.47. The van der Waals surface area contributed by atoms with Crippen molar-refractivity contribution in [2.75, 3.05) is 11.5 Å². The van der Waals surface area contributed by atoms with Crippen molar-refractivity contribution in [1.29, 1.82) is 0 Å². The van der Waals surface area contributed by atoms with Crippen LogP contribution in [0.1, 0.15) is 48.3 Å². The number of aliphatic hydroxyl groups is 1. The van der Waals surface area contributed by atoms with Gasteiger partial charge in [-0.25, -0.2) is 4.79 Å². The fourth-order valence-electron chi connectivity index (χ4n) is 4.21. The van der Waals surface area contributed by atoms with Gasteiger partial charge in [-0.3, -0.25) is 14.5 Å². The number of aliphatic hydroxyl groups excluding tert-OH is 1. The van der Waals surface area contributed by atoms with Crippen LogP contribution >= 0.6 is 0 Å². The lowest BCUT2D eigenvalue weighted by Gasteiger charge is -2.26. The summed E-state index contributed by atoms with van der Waals surface area (Å²) in [5.41, 5.74) is 1.15. The minimum atomic E-state index is -1.02. The van der Waals surface area contributed by atoms with Gasteiger partial charge in [-0.2, -0.15) is 0 Å². The molecule has 1 amide bonds. The zero-order chi connectivity index (χ0) is 26.7. The highest BCUT2D eigenvalue weighted by molar-refractivity contribution is 6.51. The number of ketones is 1. The zero-order valence-corrected chi connectivity index (χ0v) is 20.7. The third-order valence-electron chi connectivity index (χ3n) is 5.77. The summed E-state index contributed by atoms with van der Waals surface area (Å²) in [6.07, 6.45) is -0.105. The summed E-state index contributed by atoms with van der Waals surface area (Å²) in [5, 5.41) is 21.1. The average Bonchev–Trinajstić information content (AvgIpc) is 3.14. The number of rotatable bonds is 7. The van der Waals surface area contributed by atoms with E-state index in [-0.39, 0.29) is 41.0 Å². The zero-order valence-electron chi connectivity index (χ0n) is 20.7. The molecular formula is C29H27NO7. The molecule has 1 unspecified atom stereocenters. The molecule has 1 atom stereocenters. The predicted octanol–water partition coefficient (Wildman–Crippen LogP) is 4.98. The van der Waals surface area contributed by atoms with Crippen LogP contribution in [0.25, 0.3) is 5.76 Å². The van der Waals surface area contributed by atoms with Crippen molar-refractivity contribution in [1.82, 2.24) is 0 Å². The number of ether oxygens (including phenoxy) is 2. The molecule has 1 heterocycles. The maximum Gasteiger partial charge on any atom is 0.338 e. The topological polar surface area (TPSA) is 113 Å². The van der Waals surface area contributed by atoms with Crippen LogP contribution < -0.4 is 9.64 Å². The molecule has 3 aromatic carbocycles. The number of nitrogens with zero attached hydrogens (tertiary/aromatic N) is 1. The molecule has 8 nitrogen and oxygen atoms in total. The van der Waals surface area contributed by atoms with Crippen molar-refractivity contribution in [2.45, 2.75) is 32.9 Å². The van der Waals surface area contributed by atoms with Gasteiger partial charge in [-0.1, -0.05) is 30.3 Å². The third kappa shape index (κ3) is 5.18. The van der Waals surface area contributed by atoms with E-state index in [4.69, 9.17) is 9.47 Å². The van der Waals surface area contributed by atoms with E-state index in [0.717, 1.165) is 0 Å². The number of aromatic hydroxyl groups is 1. The Kier molecular flexibility index (Phi) is 7.29. The molecule has 37 heavy (non-hydrogen) atoms. The highest BCUT2D eigenvalue weighted by Crippen LogP contribution is 2.43. The van der Waals surface area contributed by atoms with Crippen molar-refractivity contribution in [3.05, 3.63) is 95.1 Å². The van der Waals surface area contributed by atoms with Crippen LogP contribution in [-0.4, -0.2) is 40.6 Å². The van der Waals surface area contributed by atoms with Gasteiger partial charge in [0.1, 0.15) is 17.3 Å². The molecule has 0 radical (unpaired) electrons. The molecule has 1 aliphatic heterocycles. The summed E-state index contributed by atoms with van der Waals surface area (Å²) in [7, 11) is 0. The highest BCUT2D eigenvalue weighted by atomic mass is 16.5. The van der Waals surface area contributed by atoms with E-state index in [1.807, 2.05) is 13.8 Å². The van der Waals surface area contributed by atoms with Crippen molar-refractivity contribution in [3.63, 3.8) is 0 Å². The number of esters is 1. The molecule has 1 saturated heterocycles. The predicted molar refractivity (Wildman–Crippen MR) is 137 cm³/mol. The first kappa shape index (κ1) is 25.5. The van der Waals surface area contributed by atoms with Gasteiger partial charge in [0.2, 0.25) is 0 Å². The molecule has 3 aromatic rings. The monoisotopic (exact) mass is 501 g/mol. The van der Waals surface area contributed by atoms with Crippen LogP contribution in [0.3, 0.4) is 0 Å². The molecule has 8 heteroatoms. The summed E-state index contributed by atoms with van der Waals surface area (Å²) in [4.78, 5) is 40.3. The minimum Gasteiger partial charge on any atom is -0.508 e. The number of benzene rings is 3. The summed E-state index contributed by atoms with van der Waals surface area (Å²) >= 11 is 0.